The monoisotopic (exact) mass is 483 g/mol. The molecular weight excluding hydrogens is 462 g/mol. The molecule has 1 unspecified atom stereocenters. The summed E-state index contributed by atoms with van der Waals surface area (Å²) in [4.78, 5) is 34.6. The van der Waals surface area contributed by atoms with E-state index in [9.17, 15) is 9.59 Å². The Kier molecular flexibility index (Phi) is 6.12. The molecule has 1 N–H and O–H groups in total. The van der Waals surface area contributed by atoms with Gasteiger partial charge in [-0.15, -0.1) is 11.3 Å². The van der Waals surface area contributed by atoms with E-state index in [2.05, 4.69) is 15.3 Å². The molecule has 0 radical (unpaired) electrons. The van der Waals surface area contributed by atoms with Crippen LogP contribution in [0.2, 0.25) is 0 Å². The number of para-hydroxylation sites is 2. The number of aromatic nitrogens is 2. The van der Waals surface area contributed by atoms with E-state index in [0.29, 0.717) is 27.7 Å². The SMILES string of the molecule is Cc1ccc(-c2csc(NC(=O)C(C)OC(=O)c3ccccc3-c3nc4ccccc4o3)n2)cc1. The maximum absolute atomic E-state index is 13.0. The highest BCUT2D eigenvalue weighted by Crippen LogP contribution is 2.28. The number of hydrogen-bond donors (Lipinski definition) is 1. The molecule has 5 aromatic rings. The van der Waals surface area contributed by atoms with E-state index < -0.39 is 18.0 Å². The van der Waals surface area contributed by atoms with Gasteiger partial charge in [0, 0.05) is 10.9 Å². The van der Waals surface area contributed by atoms with Crippen LogP contribution in [0.25, 0.3) is 33.8 Å². The average molecular weight is 484 g/mol. The van der Waals surface area contributed by atoms with Gasteiger partial charge in [0.15, 0.2) is 16.8 Å². The van der Waals surface area contributed by atoms with Crippen LogP contribution in [0, 0.1) is 6.92 Å². The number of carbonyl (C=O) groups is 2. The molecule has 0 saturated carbocycles. The van der Waals surface area contributed by atoms with Crippen LogP contribution in [0.4, 0.5) is 5.13 Å². The smallest absolute Gasteiger partial charge is 0.339 e. The number of esters is 1. The maximum Gasteiger partial charge on any atom is 0.339 e. The highest BCUT2D eigenvalue weighted by atomic mass is 32.1. The number of nitrogens with one attached hydrogen (secondary N) is 1. The summed E-state index contributed by atoms with van der Waals surface area (Å²) in [5, 5.41) is 5.02. The van der Waals surface area contributed by atoms with Crippen LogP contribution >= 0.6 is 11.3 Å². The molecule has 174 valence electrons. The van der Waals surface area contributed by atoms with Crippen molar-refractivity contribution < 1.29 is 18.7 Å². The van der Waals surface area contributed by atoms with Gasteiger partial charge in [-0.25, -0.2) is 14.8 Å². The lowest BCUT2D eigenvalue weighted by molar-refractivity contribution is -0.123. The summed E-state index contributed by atoms with van der Waals surface area (Å²) in [5.41, 5.74) is 4.94. The van der Waals surface area contributed by atoms with Crippen molar-refractivity contribution in [2.75, 3.05) is 5.32 Å². The number of hydrogen-bond acceptors (Lipinski definition) is 7. The molecule has 0 bridgehead atoms. The number of thiazole rings is 1. The molecule has 1 atom stereocenters. The topological polar surface area (TPSA) is 94.3 Å². The molecule has 3 aromatic carbocycles. The van der Waals surface area contributed by atoms with Crippen LogP contribution in [-0.2, 0) is 9.53 Å². The largest absolute Gasteiger partial charge is 0.449 e. The van der Waals surface area contributed by atoms with Crippen molar-refractivity contribution in [1.29, 1.82) is 0 Å². The standard InChI is InChI=1S/C27H21N3O4S/c1-16-11-13-18(14-12-16)22-15-35-27(29-22)30-24(31)17(2)33-26(32)20-8-4-3-7-19(20)25-28-21-9-5-6-10-23(21)34-25/h3-15,17H,1-2H3,(H,29,30,31). The minimum absolute atomic E-state index is 0.259. The normalized spacial score (nSPS) is 11.8. The van der Waals surface area contributed by atoms with Crippen molar-refractivity contribution in [1.82, 2.24) is 9.97 Å². The lowest BCUT2D eigenvalue weighted by Crippen LogP contribution is -2.30. The van der Waals surface area contributed by atoms with E-state index in [1.54, 1.807) is 24.3 Å². The molecule has 5 rings (SSSR count). The van der Waals surface area contributed by atoms with E-state index in [-0.39, 0.29) is 5.56 Å². The zero-order chi connectivity index (χ0) is 24.4. The van der Waals surface area contributed by atoms with Crippen molar-refractivity contribution >= 4 is 39.4 Å². The molecule has 8 heteroatoms. The van der Waals surface area contributed by atoms with Crippen molar-refractivity contribution in [3.63, 3.8) is 0 Å². The molecule has 35 heavy (non-hydrogen) atoms. The Morgan fingerprint density at radius 2 is 1.71 bits per heavy atom. The molecule has 2 heterocycles. The van der Waals surface area contributed by atoms with E-state index in [0.717, 1.165) is 16.8 Å². The summed E-state index contributed by atoms with van der Waals surface area (Å²) in [7, 11) is 0. The zero-order valence-corrected chi connectivity index (χ0v) is 19.8. The van der Waals surface area contributed by atoms with Crippen LogP contribution in [0.15, 0.2) is 82.6 Å². The Hall–Kier alpha value is -4.30. The van der Waals surface area contributed by atoms with Crippen molar-refractivity contribution in [2.45, 2.75) is 20.0 Å². The Bertz CT molecular complexity index is 1490. The number of fused-ring (bicyclic) bond motifs is 1. The molecule has 0 fully saturated rings. The maximum atomic E-state index is 13.0. The second-order valence-corrected chi connectivity index (χ2v) is 8.83. The molecule has 0 spiro atoms. The van der Waals surface area contributed by atoms with E-state index in [1.165, 1.54) is 18.3 Å². The first-order chi connectivity index (χ1) is 17.0. The quantitative estimate of drug-likeness (QED) is 0.293. The van der Waals surface area contributed by atoms with Gasteiger partial charge in [-0.05, 0) is 38.1 Å². The van der Waals surface area contributed by atoms with Gasteiger partial charge in [0.25, 0.3) is 5.91 Å². The predicted molar refractivity (Wildman–Crippen MR) is 135 cm³/mol. The third-order valence-electron chi connectivity index (χ3n) is 5.41. The summed E-state index contributed by atoms with van der Waals surface area (Å²) in [6, 6.07) is 22.2. The second kappa shape index (κ2) is 9.52. The second-order valence-electron chi connectivity index (χ2n) is 7.97. The van der Waals surface area contributed by atoms with Crippen LogP contribution < -0.4 is 5.32 Å². The molecule has 1 amide bonds. The first-order valence-corrected chi connectivity index (χ1v) is 11.9. The van der Waals surface area contributed by atoms with Crippen LogP contribution in [-0.4, -0.2) is 27.9 Å². The fourth-order valence-corrected chi connectivity index (χ4v) is 4.23. The van der Waals surface area contributed by atoms with Crippen molar-refractivity contribution in [3.8, 4) is 22.7 Å². The number of nitrogens with zero attached hydrogens (tertiary/aromatic N) is 2. The number of rotatable bonds is 6. The number of carbonyl (C=O) groups excluding carboxylic acids is 2. The molecule has 0 aliphatic carbocycles. The first kappa shape index (κ1) is 22.5. The predicted octanol–water partition coefficient (Wildman–Crippen LogP) is 6.11. The van der Waals surface area contributed by atoms with Crippen LogP contribution in [0.5, 0.6) is 0 Å². The van der Waals surface area contributed by atoms with Crippen LogP contribution in [0.1, 0.15) is 22.8 Å². The van der Waals surface area contributed by atoms with E-state index in [1.807, 2.05) is 60.8 Å². The van der Waals surface area contributed by atoms with Crippen molar-refractivity contribution in [2.24, 2.45) is 0 Å². The minimum Gasteiger partial charge on any atom is -0.449 e. The van der Waals surface area contributed by atoms with Gasteiger partial charge >= 0.3 is 5.97 Å². The Morgan fingerprint density at radius 3 is 2.51 bits per heavy atom. The zero-order valence-electron chi connectivity index (χ0n) is 19.0. The number of oxazole rings is 1. The summed E-state index contributed by atoms with van der Waals surface area (Å²) < 4.78 is 11.3. The van der Waals surface area contributed by atoms with Gasteiger partial charge < -0.3 is 9.15 Å². The molecule has 0 aliphatic rings. The van der Waals surface area contributed by atoms with Crippen molar-refractivity contribution in [3.05, 3.63) is 89.3 Å². The summed E-state index contributed by atoms with van der Waals surface area (Å²) in [6.45, 7) is 3.54. The number of ether oxygens (including phenoxy) is 1. The number of aryl methyl sites for hydroxylation is 1. The number of amides is 1. The van der Waals surface area contributed by atoms with E-state index >= 15 is 0 Å². The molecule has 0 saturated heterocycles. The van der Waals surface area contributed by atoms with Gasteiger partial charge in [0.2, 0.25) is 5.89 Å². The van der Waals surface area contributed by atoms with Gasteiger partial charge in [-0.2, -0.15) is 0 Å². The van der Waals surface area contributed by atoms with Gasteiger partial charge in [-0.1, -0.05) is 54.1 Å². The van der Waals surface area contributed by atoms with Gasteiger partial charge in [-0.3, -0.25) is 10.1 Å². The number of anilines is 1. The minimum atomic E-state index is -1.04. The third-order valence-corrected chi connectivity index (χ3v) is 6.16. The molecular formula is C27H21N3O4S. The first-order valence-electron chi connectivity index (χ1n) is 11.0. The van der Waals surface area contributed by atoms with Gasteiger partial charge in [0.1, 0.15) is 5.52 Å². The van der Waals surface area contributed by atoms with Gasteiger partial charge in [0.05, 0.1) is 16.8 Å². The Morgan fingerprint density at radius 1 is 0.971 bits per heavy atom. The lowest BCUT2D eigenvalue weighted by atomic mass is 10.1. The highest BCUT2D eigenvalue weighted by Gasteiger charge is 2.23. The molecule has 0 aliphatic heterocycles. The molecule has 2 aromatic heterocycles. The van der Waals surface area contributed by atoms with E-state index in [4.69, 9.17) is 9.15 Å². The summed E-state index contributed by atoms with van der Waals surface area (Å²) >= 11 is 1.31. The average Bonchev–Trinajstić information content (AvgIpc) is 3.51. The number of benzene rings is 3. The summed E-state index contributed by atoms with van der Waals surface area (Å²) in [6.07, 6.45) is -1.04. The summed E-state index contributed by atoms with van der Waals surface area (Å²) in [5.74, 6) is -0.810. The fourth-order valence-electron chi connectivity index (χ4n) is 3.51. The fraction of sp³-hybridized carbons (Fsp3) is 0.111. The van der Waals surface area contributed by atoms with Crippen LogP contribution in [0.3, 0.4) is 0 Å². The lowest BCUT2D eigenvalue weighted by Gasteiger charge is -2.13. The highest BCUT2D eigenvalue weighted by molar-refractivity contribution is 7.14. The Balaban J connectivity index is 1.28. The molecule has 7 nitrogen and oxygen atoms in total. The Labute approximate surface area is 205 Å². The third kappa shape index (κ3) is 4.83.